The maximum atomic E-state index is 13.0. The van der Waals surface area contributed by atoms with Crippen LogP contribution < -0.4 is 10.4 Å². The van der Waals surface area contributed by atoms with Gasteiger partial charge in [-0.1, -0.05) is 23.8 Å². The van der Waals surface area contributed by atoms with Crippen LogP contribution in [0.15, 0.2) is 79.1 Å². The fourth-order valence-corrected chi connectivity index (χ4v) is 2.95. The minimum Gasteiger partial charge on any atom is -0.292 e. The van der Waals surface area contributed by atoms with E-state index in [-0.39, 0.29) is 0 Å². The lowest BCUT2D eigenvalue weighted by atomic mass is 10.2. The van der Waals surface area contributed by atoms with Crippen molar-refractivity contribution in [1.29, 1.82) is 0 Å². The predicted octanol–water partition coefficient (Wildman–Crippen LogP) is 5.08. The van der Waals surface area contributed by atoms with Gasteiger partial charge in [0, 0.05) is 6.20 Å². The van der Waals surface area contributed by atoms with Crippen molar-refractivity contribution < 1.29 is 13.2 Å². The molecule has 1 aromatic heterocycles. The highest BCUT2D eigenvalue weighted by Gasteiger charge is 2.31. The van der Waals surface area contributed by atoms with Gasteiger partial charge >= 0.3 is 6.18 Å². The molecule has 2 heterocycles. The number of benzene rings is 2. The molecule has 0 unspecified atom stereocenters. The summed E-state index contributed by atoms with van der Waals surface area (Å²) in [5, 5.41) is 5.93. The molecule has 1 aliphatic rings. The van der Waals surface area contributed by atoms with Crippen LogP contribution in [-0.2, 0) is 6.18 Å². The topological polar surface area (TPSA) is 33.1 Å². The molecule has 0 saturated carbocycles. The number of aromatic nitrogens is 2. The second-order valence-corrected chi connectivity index (χ2v) is 6.42. The number of hydrogen-bond donors (Lipinski definition) is 1. The molecule has 7 heteroatoms. The van der Waals surface area contributed by atoms with Crippen LogP contribution in [-0.4, -0.2) is 9.78 Å². The number of rotatable bonds is 3. The largest absolute Gasteiger partial charge is 0.416 e. The van der Waals surface area contributed by atoms with Crippen LogP contribution in [0.2, 0.25) is 0 Å². The lowest BCUT2D eigenvalue weighted by Crippen LogP contribution is -2.34. The Labute approximate surface area is 160 Å². The molecular formula is C21H17F3N4. The van der Waals surface area contributed by atoms with E-state index < -0.39 is 11.7 Å². The van der Waals surface area contributed by atoms with E-state index in [1.54, 1.807) is 34.2 Å². The first kappa shape index (κ1) is 17.9. The first-order valence-electron chi connectivity index (χ1n) is 8.65. The van der Waals surface area contributed by atoms with Gasteiger partial charge in [-0.25, -0.2) is 4.68 Å². The molecule has 4 rings (SSSR count). The fraction of sp³-hybridized carbons (Fsp3) is 0.0952. The summed E-state index contributed by atoms with van der Waals surface area (Å²) in [5.74, 6) is 0. The first-order chi connectivity index (χ1) is 13.4. The Morgan fingerprint density at radius 3 is 2.50 bits per heavy atom. The van der Waals surface area contributed by atoms with Gasteiger partial charge in [-0.05, 0) is 55.5 Å². The van der Waals surface area contributed by atoms with E-state index in [9.17, 15) is 13.2 Å². The fourth-order valence-electron chi connectivity index (χ4n) is 2.95. The Balaban J connectivity index is 1.63. The molecule has 3 aromatic rings. The molecular weight excluding hydrogens is 365 g/mol. The zero-order chi connectivity index (χ0) is 19.7. The molecule has 0 aliphatic carbocycles. The Hall–Kier alpha value is -3.48. The molecule has 1 aliphatic heterocycles. The molecule has 0 atom stereocenters. The minimum atomic E-state index is -4.39. The van der Waals surface area contributed by atoms with Crippen molar-refractivity contribution in [2.24, 2.45) is 0 Å². The SMILES string of the molecule is Cc1ccc(-n2nccc2C2=CC=CN(c3cccc(C(F)(F)F)c3)N2)cc1. The molecule has 1 N–H and O–H groups in total. The number of aryl methyl sites for hydroxylation is 1. The maximum Gasteiger partial charge on any atom is 0.416 e. The number of nitrogens with zero attached hydrogens (tertiary/aromatic N) is 3. The number of alkyl halides is 3. The second-order valence-electron chi connectivity index (χ2n) is 6.42. The molecule has 2 aromatic carbocycles. The third-order valence-corrected chi connectivity index (χ3v) is 4.39. The van der Waals surface area contributed by atoms with E-state index in [4.69, 9.17) is 0 Å². The number of halogens is 3. The van der Waals surface area contributed by atoms with Crippen LogP contribution in [0.25, 0.3) is 11.4 Å². The Morgan fingerprint density at radius 2 is 1.75 bits per heavy atom. The molecule has 142 valence electrons. The van der Waals surface area contributed by atoms with E-state index in [1.807, 2.05) is 43.3 Å². The predicted molar refractivity (Wildman–Crippen MR) is 102 cm³/mol. The van der Waals surface area contributed by atoms with E-state index in [1.165, 1.54) is 6.07 Å². The van der Waals surface area contributed by atoms with Crippen LogP contribution in [0.4, 0.5) is 18.9 Å². The quantitative estimate of drug-likeness (QED) is 0.686. The van der Waals surface area contributed by atoms with Crippen molar-refractivity contribution in [3.63, 3.8) is 0 Å². The van der Waals surface area contributed by atoms with Gasteiger partial charge in [0.15, 0.2) is 0 Å². The van der Waals surface area contributed by atoms with Crippen LogP contribution >= 0.6 is 0 Å². The van der Waals surface area contributed by atoms with Crippen molar-refractivity contribution in [3.05, 3.63) is 96.0 Å². The molecule has 28 heavy (non-hydrogen) atoms. The zero-order valence-electron chi connectivity index (χ0n) is 15.0. The standard InChI is InChI=1S/C21H17F3N4/c1-15-7-9-17(10-8-15)28-20(11-12-25-28)19-6-3-13-27(26-19)18-5-2-4-16(14-18)21(22,23)24/h2-14,26H,1H3. The molecule has 0 saturated heterocycles. The van der Waals surface area contributed by atoms with Crippen LogP contribution in [0.5, 0.6) is 0 Å². The van der Waals surface area contributed by atoms with Crippen molar-refractivity contribution in [1.82, 2.24) is 15.2 Å². The van der Waals surface area contributed by atoms with E-state index in [0.29, 0.717) is 5.69 Å². The molecule has 0 spiro atoms. The molecule has 4 nitrogen and oxygen atoms in total. The Kier molecular flexibility index (Phi) is 4.43. The van der Waals surface area contributed by atoms with E-state index in [0.717, 1.165) is 34.8 Å². The summed E-state index contributed by atoms with van der Waals surface area (Å²) < 4.78 is 40.9. The number of allylic oxidation sites excluding steroid dienone is 2. The van der Waals surface area contributed by atoms with Gasteiger partial charge in [0.2, 0.25) is 0 Å². The lowest BCUT2D eigenvalue weighted by Gasteiger charge is -2.27. The summed E-state index contributed by atoms with van der Waals surface area (Å²) in [6.07, 6.45) is 2.60. The van der Waals surface area contributed by atoms with Gasteiger partial charge in [0.1, 0.15) is 0 Å². The third kappa shape index (κ3) is 3.51. The summed E-state index contributed by atoms with van der Waals surface area (Å²) in [6.45, 7) is 2.01. The third-order valence-electron chi connectivity index (χ3n) is 4.39. The molecule has 0 bridgehead atoms. The average molecular weight is 382 g/mol. The highest BCUT2D eigenvalue weighted by atomic mass is 19.4. The Morgan fingerprint density at radius 1 is 0.964 bits per heavy atom. The van der Waals surface area contributed by atoms with Crippen LogP contribution in [0.1, 0.15) is 16.8 Å². The summed E-state index contributed by atoms with van der Waals surface area (Å²) >= 11 is 0. The number of anilines is 1. The highest BCUT2D eigenvalue weighted by Crippen LogP contribution is 2.32. The van der Waals surface area contributed by atoms with E-state index in [2.05, 4.69) is 10.5 Å². The monoisotopic (exact) mass is 382 g/mol. The highest BCUT2D eigenvalue weighted by molar-refractivity contribution is 5.69. The maximum absolute atomic E-state index is 13.0. The van der Waals surface area contributed by atoms with Gasteiger partial charge in [-0.15, -0.1) is 0 Å². The molecule has 0 amide bonds. The van der Waals surface area contributed by atoms with Gasteiger partial charge in [0.05, 0.1) is 34.5 Å². The van der Waals surface area contributed by atoms with Crippen LogP contribution in [0, 0.1) is 6.92 Å². The van der Waals surface area contributed by atoms with Crippen molar-refractivity contribution in [2.75, 3.05) is 5.01 Å². The smallest absolute Gasteiger partial charge is 0.292 e. The second kappa shape index (κ2) is 6.92. The minimum absolute atomic E-state index is 0.387. The average Bonchev–Trinajstić information content (AvgIpc) is 3.18. The molecule has 0 radical (unpaired) electrons. The molecule has 0 fully saturated rings. The van der Waals surface area contributed by atoms with Crippen molar-refractivity contribution >= 4 is 11.4 Å². The summed E-state index contributed by atoms with van der Waals surface area (Å²) in [4.78, 5) is 0. The van der Waals surface area contributed by atoms with Crippen molar-refractivity contribution in [3.8, 4) is 5.69 Å². The summed E-state index contributed by atoms with van der Waals surface area (Å²) in [5.41, 5.74) is 6.40. The van der Waals surface area contributed by atoms with E-state index >= 15 is 0 Å². The van der Waals surface area contributed by atoms with Crippen LogP contribution in [0.3, 0.4) is 0 Å². The number of nitrogens with one attached hydrogen (secondary N) is 1. The van der Waals surface area contributed by atoms with Gasteiger partial charge in [-0.2, -0.15) is 18.3 Å². The van der Waals surface area contributed by atoms with Gasteiger partial charge in [-0.3, -0.25) is 10.4 Å². The Bertz CT molecular complexity index is 1050. The number of hydrazine groups is 1. The lowest BCUT2D eigenvalue weighted by molar-refractivity contribution is -0.137. The van der Waals surface area contributed by atoms with Crippen molar-refractivity contribution in [2.45, 2.75) is 13.1 Å². The summed E-state index contributed by atoms with van der Waals surface area (Å²) in [6, 6.07) is 15.0. The zero-order valence-corrected chi connectivity index (χ0v) is 15.0. The normalized spacial score (nSPS) is 14.0. The number of hydrogen-bond acceptors (Lipinski definition) is 3. The van der Waals surface area contributed by atoms with Gasteiger partial charge in [0.25, 0.3) is 0 Å². The summed E-state index contributed by atoms with van der Waals surface area (Å²) in [7, 11) is 0. The van der Waals surface area contributed by atoms with Gasteiger partial charge < -0.3 is 0 Å². The first-order valence-corrected chi connectivity index (χ1v) is 8.65.